The van der Waals surface area contributed by atoms with Gasteiger partial charge in [-0.15, -0.1) is 0 Å². The van der Waals surface area contributed by atoms with E-state index in [0.717, 1.165) is 10.5 Å². The van der Waals surface area contributed by atoms with Crippen LogP contribution in [-0.4, -0.2) is 23.3 Å². The summed E-state index contributed by atoms with van der Waals surface area (Å²) in [7, 11) is 0. The number of halogens is 4. The molecule has 1 aliphatic rings. The van der Waals surface area contributed by atoms with Crippen molar-refractivity contribution in [1.29, 1.82) is 0 Å². The Morgan fingerprint density at radius 3 is 2.67 bits per heavy atom. The van der Waals surface area contributed by atoms with Gasteiger partial charge in [0, 0.05) is 20.0 Å². The first-order valence-corrected chi connectivity index (χ1v) is 6.19. The van der Waals surface area contributed by atoms with Crippen LogP contribution in [0.1, 0.15) is 18.1 Å². The summed E-state index contributed by atoms with van der Waals surface area (Å²) >= 11 is 11.9. The monoisotopic (exact) mass is 293 g/mol. The van der Waals surface area contributed by atoms with E-state index in [1.165, 1.54) is 0 Å². The Bertz CT molecular complexity index is 500. The van der Waals surface area contributed by atoms with E-state index in [9.17, 15) is 13.6 Å². The highest BCUT2D eigenvalue weighted by Gasteiger charge is 2.38. The van der Waals surface area contributed by atoms with Crippen LogP contribution in [0.2, 0.25) is 10.0 Å². The summed E-state index contributed by atoms with van der Waals surface area (Å²) in [6.07, 6.45) is 0.508. The van der Waals surface area contributed by atoms with Crippen LogP contribution in [0.25, 0.3) is 0 Å². The van der Waals surface area contributed by atoms with E-state index < -0.39 is 11.8 Å². The van der Waals surface area contributed by atoms with Crippen molar-refractivity contribution in [3.63, 3.8) is 0 Å². The van der Waals surface area contributed by atoms with Crippen molar-refractivity contribution >= 4 is 29.1 Å². The average molecular weight is 294 g/mol. The third kappa shape index (κ3) is 2.45. The largest absolute Gasteiger partial charge is 0.333 e. The smallest absolute Gasteiger partial charge is 0.322 e. The van der Waals surface area contributed by atoms with E-state index >= 15 is 0 Å². The number of benzene rings is 1. The number of amides is 1. The fraction of sp³-hybridized carbons (Fsp3) is 0.417. The minimum atomic E-state index is -3.36. The predicted molar refractivity (Wildman–Crippen MR) is 66.2 cm³/mol. The third-order valence-electron chi connectivity index (χ3n) is 2.96. The molecule has 0 saturated carbocycles. The molecule has 0 aliphatic carbocycles. The van der Waals surface area contributed by atoms with Crippen LogP contribution in [0.3, 0.4) is 0 Å². The molecule has 0 fully saturated rings. The molecule has 1 aromatic rings. The van der Waals surface area contributed by atoms with Gasteiger partial charge in [-0.2, -0.15) is 8.78 Å². The first kappa shape index (κ1) is 13.6. The van der Waals surface area contributed by atoms with Gasteiger partial charge in [-0.05, 0) is 23.6 Å². The fourth-order valence-electron chi connectivity index (χ4n) is 2.01. The van der Waals surface area contributed by atoms with Crippen LogP contribution in [0.4, 0.5) is 8.78 Å². The maximum absolute atomic E-state index is 13.0. The fourth-order valence-corrected chi connectivity index (χ4v) is 2.44. The topological polar surface area (TPSA) is 20.3 Å². The molecule has 18 heavy (non-hydrogen) atoms. The molecule has 1 aliphatic heterocycles. The van der Waals surface area contributed by atoms with Crippen molar-refractivity contribution in [2.75, 3.05) is 6.54 Å². The van der Waals surface area contributed by atoms with E-state index in [1.807, 2.05) is 6.07 Å². The Labute approximate surface area is 113 Å². The van der Waals surface area contributed by atoms with E-state index in [4.69, 9.17) is 23.2 Å². The lowest BCUT2D eigenvalue weighted by Crippen LogP contribution is -2.44. The maximum Gasteiger partial charge on any atom is 0.322 e. The lowest BCUT2D eigenvalue weighted by Gasteiger charge is -2.31. The molecule has 2 nitrogen and oxygen atoms in total. The molecule has 0 unspecified atom stereocenters. The number of nitrogens with zero attached hydrogens (tertiary/aromatic N) is 1. The molecular formula is C12H11Cl2F2NO. The molecule has 1 aromatic carbocycles. The second-order valence-corrected chi connectivity index (χ2v) is 5.15. The maximum atomic E-state index is 13.0. The normalized spacial score (nSPS) is 15.5. The van der Waals surface area contributed by atoms with E-state index in [-0.39, 0.29) is 13.1 Å². The van der Waals surface area contributed by atoms with Gasteiger partial charge in [-0.3, -0.25) is 4.79 Å². The van der Waals surface area contributed by atoms with Crippen molar-refractivity contribution in [3.05, 3.63) is 33.3 Å². The molecule has 98 valence electrons. The number of alkyl halides is 2. The molecule has 0 atom stereocenters. The molecular weight excluding hydrogens is 283 g/mol. The van der Waals surface area contributed by atoms with Crippen LogP contribution >= 0.6 is 23.2 Å². The standard InChI is InChI=1S/C12H11Cl2F2NO/c1-12(15,16)11(18)17-5-4-7-2-3-9(13)10(14)8(7)6-17/h2-3H,4-6H2,1H3. The van der Waals surface area contributed by atoms with Gasteiger partial charge in [0.25, 0.3) is 5.91 Å². The van der Waals surface area contributed by atoms with Gasteiger partial charge >= 0.3 is 5.92 Å². The highest BCUT2D eigenvalue weighted by molar-refractivity contribution is 6.42. The summed E-state index contributed by atoms with van der Waals surface area (Å²) < 4.78 is 26.0. The highest BCUT2D eigenvalue weighted by Crippen LogP contribution is 2.33. The van der Waals surface area contributed by atoms with E-state index in [1.54, 1.807) is 6.07 Å². The molecule has 0 N–H and O–H groups in total. The van der Waals surface area contributed by atoms with Gasteiger partial charge in [0.15, 0.2) is 0 Å². The minimum Gasteiger partial charge on any atom is -0.333 e. The molecule has 1 heterocycles. The Morgan fingerprint density at radius 2 is 2.06 bits per heavy atom. The van der Waals surface area contributed by atoms with Gasteiger partial charge < -0.3 is 4.90 Å². The number of fused-ring (bicyclic) bond motifs is 1. The first-order valence-electron chi connectivity index (χ1n) is 5.43. The van der Waals surface area contributed by atoms with Crippen LogP contribution in [0.5, 0.6) is 0 Å². The zero-order valence-electron chi connectivity index (χ0n) is 9.64. The average Bonchev–Trinajstić information content (AvgIpc) is 2.31. The lowest BCUT2D eigenvalue weighted by atomic mass is 9.99. The zero-order valence-corrected chi connectivity index (χ0v) is 11.2. The molecule has 0 spiro atoms. The summed E-state index contributed by atoms with van der Waals surface area (Å²) in [5, 5.41) is 0.707. The van der Waals surface area contributed by atoms with E-state index in [0.29, 0.717) is 29.0 Å². The van der Waals surface area contributed by atoms with Crippen molar-refractivity contribution in [1.82, 2.24) is 4.90 Å². The van der Waals surface area contributed by atoms with Crippen LogP contribution < -0.4 is 0 Å². The van der Waals surface area contributed by atoms with Crippen LogP contribution in [-0.2, 0) is 17.8 Å². The third-order valence-corrected chi connectivity index (χ3v) is 3.80. The summed E-state index contributed by atoms with van der Waals surface area (Å²) in [5.74, 6) is -4.54. The number of hydrogen-bond acceptors (Lipinski definition) is 1. The summed E-state index contributed by atoms with van der Waals surface area (Å²) in [4.78, 5) is 12.6. The molecule has 0 radical (unpaired) electrons. The molecule has 0 bridgehead atoms. The molecule has 0 aromatic heterocycles. The van der Waals surface area contributed by atoms with Crippen LogP contribution in [0.15, 0.2) is 12.1 Å². The minimum absolute atomic E-state index is 0.0803. The van der Waals surface area contributed by atoms with Gasteiger partial charge in [-0.25, -0.2) is 0 Å². The highest BCUT2D eigenvalue weighted by atomic mass is 35.5. The summed E-state index contributed by atoms with van der Waals surface area (Å²) in [6.45, 7) is 0.953. The molecule has 2 rings (SSSR count). The van der Waals surface area contributed by atoms with Crippen molar-refractivity contribution in [3.8, 4) is 0 Å². The first-order chi connectivity index (χ1) is 8.30. The molecule has 1 amide bonds. The number of hydrogen-bond donors (Lipinski definition) is 0. The van der Waals surface area contributed by atoms with Gasteiger partial charge in [0.2, 0.25) is 0 Å². The number of carbonyl (C=O) groups excluding carboxylic acids is 1. The Morgan fingerprint density at radius 1 is 1.39 bits per heavy atom. The van der Waals surface area contributed by atoms with Gasteiger partial charge in [-0.1, -0.05) is 29.3 Å². The SMILES string of the molecule is CC(F)(F)C(=O)N1CCc2ccc(Cl)c(Cl)c2C1. The van der Waals surface area contributed by atoms with Crippen molar-refractivity contribution in [2.24, 2.45) is 0 Å². The lowest BCUT2D eigenvalue weighted by molar-refractivity contribution is -0.155. The second kappa shape index (κ2) is 4.67. The van der Waals surface area contributed by atoms with Gasteiger partial charge in [0.1, 0.15) is 0 Å². The predicted octanol–water partition coefficient (Wildman–Crippen LogP) is 3.53. The summed E-state index contributed by atoms with van der Waals surface area (Å²) in [6, 6.07) is 3.49. The quantitative estimate of drug-likeness (QED) is 0.776. The second-order valence-electron chi connectivity index (χ2n) is 4.36. The van der Waals surface area contributed by atoms with Crippen molar-refractivity contribution in [2.45, 2.75) is 25.8 Å². The Balaban J connectivity index is 2.30. The van der Waals surface area contributed by atoms with E-state index in [2.05, 4.69) is 0 Å². The van der Waals surface area contributed by atoms with Crippen molar-refractivity contribution < 1.29 is 13.6 Å². The van der Waals surface area contributed by atoms with Gasteiger partial charge in [0.05, 0.1) is 10.0 Å². The Kier molecular flexibility index (Phi) is 3.52. The molecule has 0 saturated heterocycles. The van der Waals surface area contributed by atoms with Crippen LogP contribution in [0, 0.1) is 0 Å². The summed E-state index contributed by atoms with van der Waals surface area (Å²) in [5.41, 5.74) is 1.61. The zero-order chi connectivity index (χ0) is 13.5. The number of carbonyl (C=O) groups is 1. The Hall–Kier alpha value is -0.870. The number of rotatable bonds is 1. The molecule has 6 heteroatoms.